The van der Waals surface area contributed by atoms with Crippen molar-refractivity contribution in [3.05, 3.63) is 41.1 Å². The third-order valence-electron chi connectivity index (χ3n) is 5.49. The molecule has 2 atom stereocenters. The van der Waals surface area contributed by atoms with Gasteiger partial charge in [-0.15, -0.1) is 0 Å². The Hall–Kier alpha value is -2.55. The first-order valence-electron chi connectivity index (χ1n) is 8.73. The quantitative estimate of drug-likeness (QED) is 0.817. The number of amides is 3. The Morgan fingerprint density at radius 2 is 1.89 bits per heavy atom. The minimum atomic E-state index is -3.11. The fourth-order valence-electron chi connectivity index (χ4n) is 3.95. The van der Waals surface area contributed by atoms with Gasteiger partial charge in [-0.25, -0.2) is 13.2 Å². The molecular weight excluding hydrogens is 370 g/mol. The van der Waals surface area contributed by atoms with Crippen LogP contribution in [0.1, 0.15) is 18.0 Å². The van der Waals surface area contributed by atoms with Crippen molar-refractivity contribution in [2.45, 2.75) is 18.5 Å². The van der Waals surface area contributed by atoms with Gasteiger partial charge in [-0.1, -0.05) is 12.1 Å². The van der Waals surface area contributed by atoms with Crippen molar-refractivity contribution >= 4 is 21.8 Å². The molecule has 9 heteroatoms. The third-order valence-corrected chi connectivity index (χ3v) is 7.24. The zero-order chi connectivity index (χ0) is 19.3. The first-order chi connectivity index (χ1) is 12.8. The predicted molar refractivity (Wildman–Crippen MR) is 97.8 cm³/mol. The standard InChI is InChI=1S/C18H21N3O5S/c1-20-14-9-21(12-7-8-27(24,25)10-12)17(22)15(14)16(19-18(20)23)11-3-5-13(26-2)6-4-11/h3-6,12,16H,7-10H2,1-2H3,(H,19,23)/t12-,16+/m1/s1. The molecule has 0 bridgehead atoms. The lowest BCUT2D eigenvalue weighted by Crippen LogP contribution is -2.45. The second-order valence-electron chi connectivity index (χ2n) is 7.06. The number of methoxy groups -OCH3 is 1. The van der Waals surface area contributed by atoms with E-state index in [1.165, 1.54) is 4.90 Å². The van der Waals surface area contributed by atoms with E-state index in [9.17, 15) is 18.0 Å². The Bertz CT molecular complexity index is 938. The van der Waals surface area contributed by atoms with Crippen LogP contribution in [0.5, 0.6) is 5.75 Å². The molecule has 0 unspecified atom stereocenters. The van der Waals surface area contributed by atoms with Crippen LogP contribution in [0, 0.1) is 0 Å². The highest BCUT2D eigenvalue weighted by Gasteiger charge is 2.46. The third kappa shape index (κ3) is 2.95. The molecule has 8 nitrogen and oxygen atoms in total. The Labute approximate surface area is 157 Å². The lowest BCUT2D eigenvalue weighted by molar-refractivity contribution is -0.127. The number of hydrogen-bond donors (Lipinski definition) is 1. The van der Waals surface area contributed by atoms with Gasteiger partial charge in [0.2, 0.25) is 0 Å². The summed E-state index contributed by atoms with van der Waals surface area (Å²) in [4.78, 5) is 28.6. The van der Waals surface area contributed by atoms with E-state index in [1.807, 2.05) is 12.1 Å². The van der Waals surface area contributed by atoms with Crippen molar-refractivity contribution in [3.8, 4) is 5.75 Å². The fraction of sp³-hybridized carbons (Fsp3) is 0.444. The largest absolute Gasteiger partial charge is 0.497 e. The second kappa shape index (κ2) is 6.26. The van der Waals surface area contributed by atoms with Gasteiger partial charge < -0.3 is 15.0 Å². The molecule has 3 heterocycles. The number of carbonyl (C=O) groups is 2. The Morgan fingerprint density at radius 1 is 1.19 bits per heavy atom. The van der Waals surface area contributed by atoms with Gasteiger partial charge in [0.05, 0.1) is 42.5 Å². The summed E-state index contributed by atoms with van der Waals surface area (Å²) in [6.07, 6.45) is 0.437. The van der Waals surface area contributed by atoms with Gasteiger partial charge in [-0.2, -0.15) is 0 Å². The average Bonchev–Trinajstić information content (AvgIpc) is 3.18. The fourth-order valence-corrected chi connectivity index (χ4v) is 5.68. The zero-order valence-electron chi connectivity index (χ0n) is 15.1. The maximum Gasteiger partial charge on any atom is 0.322 e. The van der Waals surface area contributed by atoms with Gasteiger partial charge in [0.15, 0.2) is 9.84 Å². The highest BCUT2D eigenvalue weighted by atomic mass is 32.2. The smallest absolute Gasteiger partial charge is 0.322 e. The number of nitrogens with one attached hydrogen (secondary N) is 1. The average molecular weight is 391 g/mol. The molecule has 4 rings (SSSR count). The molecule has 1 aromatic carbocycles. The second-order valence-corrected chi connectivity index (χ2v) is 9.29. The van der Waals surface area contributed by atoms with E-state index < -0.39 is 15.9 Å². The summed E-state index contributed by atoms with van der Waals surface area (Å²) in [6.45, 7) is 0.255. The topological polar surface area (TPSA) is 96.0 Å². The molecule has 0 aliphatic carbocycles. The van der Waals surface area contributed by atoms with Gasteiger partial charge in [0.25, 0.3) is 5.91 Å². The number of urea groups is 1. The molecule has 1 fully saturated rings. The molecule has 0 spiro atoms. The SMILES string of the molecule is COc1ccc([C@@H]2NC(=O)N(C)C3=C2C(=O)N([C@@H]2CCS(=O)(=O)C2)C3)cc1. The van der Waals surface area contributed by atoms with Crippen LogP contribution < -0.4 is 10.1 Å². The minimum Gasteiger partial charge on any atom is -0.497 e. The molecule has 1 N–H and O–H groups in total. The number of ether oxygens (including phenoxy) is 1. The van der Waals surface area contributed by atoms with Crippen LogP contribution in [-0.4, -0.2) is 68.4 Å². The first-order valence-corrected chi connectivity index (χ1v) is 10.6. The summed E-state index contributed by atoms with van der Waals surface area (Å²) in [6, 6.07) is 5.99. The van der Waals surface area contributed by atoms with E-state index >= 15 is 0 Å². The lowest BCUT2D eigenvalue weighted by atomic mass is 9.95. The van der Waals surface area contributed by atoms with Gasteiger partial charge in [0, 0.05) is 13.1 Å². The van der Waals surface area contributed by atoms with Gasteiger partial charge >= 0.3 is 6.03 Å². The maximum absolute atomic E-state index is 13.2. The summed E-state index contributed by atoms with van der Waals surface area (Å²) >= 11 is 0. The minimum absolute atomic E-state index is 0.0163. The molecule has 1 saturated heterocycles. The summed E-state index contributed by atoms with van der Waals surface area (Å²) in [5.74, 6) is 0.557. The molecule has 27 heavy (non-hydrogen) atoms. The van der Waals surface area contributed by atoms with Crippen molar-refractivity contribution in [2.24, 2.45) is 0 Å². The molecule has 0 aromatic heterocycles. The number of hydrogen-bond acceptors (Lipinski definition) is 5. The van der Waals surface area contributed by atoms with Crippen molar-refractivity contribution in [3.63, 3.8) is 0 Å². The number of carbonyl (C=O) groups excluding carboxylic acids is 2. The normalized spacial score (nSPS) is 27.0. The van der Waals surface area contributed by atoms with Crippen LogP contribution in [-0.2, 0) is 14.6 Å². The van der Waals surface area contributed by atoms with E-state index in [2.05, 4.69) is 5.32 Å². The van der Waals surface area contributed by atoms with Gasteiger partial charge in [-0.05, 0) is 24.1 Å². The van der Waals surface area contributed by atoms with Crippen LogP contribution in [0.15, 0.2) is 35.5 Å². The Kier molecular flexibility index (Phi) is 4.14. The maximum atomic E-state index is 13.2. The molecule has 0 radical (unpaired) electrons. The van der Waals surface area contributed by atoms with Crippen molar-refractivity contribution in [1.29, 1.82) is 0 Å². The van der Waals surface area contributed by atoms with Crippen LogP contribution in [0.3, 0.4) is 0 Å². The Morgan fingerprint density at radius 3 is 2.48 bits per heavy atom. The molecule has 3 aliphatic heterocycles. The summed E-state index contributed by atoms with van der Waals surface area (Å²) in [5.41, 5.74) is 1.92. The van der Waals surface area contributed by atoms with E-state index in [0.29, 0.717) is 23.4 Å². The van der Waals surface area contributed by atoms with Crippen LogP contribution >= 0.6 is 0 Å². The number of benzene rings is 1. The Balaban J connectivity index is 1.68. The van der Waals surface area contributed by atoms with Crippen LogP contribution in [0.2, 0.25) is 0 Å². The number of nitrogens with zero attached hydrogens (tertiary/aromatic N) is 2. The van der Waals surface area contributed by atoms with Crippen LogP contribution in [0.4, 0.5) is 4.79 Å². The van der Waals surface area contributed by atoms with E-state index in [4.69, 9.17) is 4.74 Å². The zero-order valence-corrected chi connectivity index (χ0v) is 16.0. The highest BCUT2D eigenvalue weighted by molar-refractivity contribution is 7.91. The molecule has 0 saturated carbocycles. The molecular formula is C18H21N3O5S. The van der Waals surface area contributed by atoms with E-state index in [0.717, 1.165) is 5.56 Å². The molecule has 3 aliphatic rings. The summed E-state index contributed by atoms with van der Waals surface area (Å²) in [5, 5.41) is 2.87. The van der Waals surface area contributed by atoms with Crippen molar-refractivity contribution < 1.29 is 22.7 Å². The number of sulfone groups is 1. The highest BCUT2D eigenvalue weighted by Crippen LogP contribution is 2.38. The van der Waals surface area contributed by atoms with Crippen molar-refractivity contribution in [1.82, 2.24) is 15.1 Å². The molecule has 3 amide bonds. The summed E-state index contributed by atoms with van der Waals surface area (Å²) in [7, 11) is 0.0833. The van der Waals surface area contributed by atoms with E-state index in [1.54, 1.807) is 31.2 Å². The van der Waals surface area contributed by atoms with Gasteiger partial charge in [0.1, 0.15) is 5.75 Å². The monoisotopic (exact) mass is 391 g/mol. The number of likely N-dealkylation sites (N-methyl/N-ethyl adjacent to an activating group) is 1. The summed E-state index contributed by atoms with van der Waals surface area (Å²) < 4.78 is 28.8. The first kappa shape index (κ1) is 17.8. The molecule has 1 aromatic rings. The lowest BCUT2D eigenvalue weighted by Gasteiger charge is -2.31. The van der Waals surface area contributed by atoms with Crippen LogP contribution in [0.25, 0.3) is 0 Å². The van der Waals surface area contributed by atoms with E-state index in [-0.39, 0.29) is 36.0 Å². The molecule has 144 valence electrons. The number of rotatable bonds is 3. The van der Waals surface area contributed by atoms with Crippen molar-refractivity contribution in [2.75, 3.05) is 32.2 Å². The van der Waals surface area contributed by atoms with Gasteiger partial charge in [-0.3, -0.25) is 9.69 Å². The predicted octanol–water partition coefficient (Wildman–Crippen LogP) is 0.675.